The largest absolute Gasteiger partial charge is 0.490 e. The molecule has 114 valence electrons. The lowest BCUT2D eigenvalue weighted by Gasteiger charge is -2.13. The zero-order valence-corrected chi connectivity index (χ0v) is 12.2. The molecule has 0 unspecified atom stereocenters. The molecule has 0 heterocycles. The summed E-state index contributed by atoms with van der Waals surface area (Å²) in [5, 5.41) is 2.69. The van der Waals surface area contributed by atoms with E-state index < -0.39 is 11.7 Å². The molecular weight excluding hydrogens is 281 g/mol. The summed E-state index contributed by atoms with van der Waals surface area (Å²) in [6, 6.07) is 13.1. The zero-order chi connectivity index (χ0) is 15.4. The van der Waals surface area contributed by atoms with Crippen molar-refractivity contribution in [3.63, 3.8) is 0 Å². The van der Waals surface area contributed by atoms with Gasteiger partial charge in [0.2, 0.25) is 0 Å². The quantitative estimate of drug-likeness (QED) is 0.908. The van der Waals surface area contributed by atoms with Crippen LogP contribution >= 0.6 is 0 Å². The molecule has 4 heteroatoms. The maximum absolute atomic E-state index is 13.6. The first-order chi connectivity index (χ1) is 10.7. The molecule has 2 aromatic rings. The van der Waals surface area contributed by atoms with Gasteiger partial charge in [-0.2, -0.15) is 0 Å². The third kappa shape index (κ3) is 3.45. The predicted molar refractivity (Wildman–Crippen MR) is 83.7 cm³/mol. The van der Waals surface area contributed by atoms with Crippen LogP contribution in [0.3, 0.4) is 0 Å². The molecule has 0 aliphatic heterocycles. The Bertz CT molecular complexity index is 648. The normalized spacial score (nSPS) is 14.8. The molecule has 22 heavy (non-hydrogen) atoms. The van der Waals surface area contributed by atoms with Crippen LogP contribution in [0, 0.1) is 5.82 Å². The molecule has 1 saturated carbocycles. The molecule has 0 bridgehead atoms. The Hall–Kier alpha value is -2.36. The number of nitrogens with one attached hydrogen (secondary N) is 1. The number of anilines is 1. The van der Waals surface area contributed by atoms with E-state index >= 15 is 0 Å². The predicted octanol–water partition coefficient (Wildman–Crippen LogP) is 4.40. The van der Waals surface area contributed by atoms with Gasteiger partial charge in [0.15, 0.2) is 0 Å². The first kappa shape index (κ1) is 14.6. The Labute approximate surface area is 129 Å². The van der Waals surface area contributed by atoms with Crippen LogP contribution in [0.15, 0.2) is 48.5 Å². The number of rotatable bonds is 4. The highest BCUT2D eigenvalue weighted by molar-refractivity contribution is 6.04. The van der Waals surface area contributed by atoms with Gasteiger partial charge in [0, 0.05) is 5.69 Å². The summed E-state index contributed by atoms with van der Waals surface area (Å²) < 4.78 is 19.4. The fourth-order valence-corrected chi connectivity index (χ4v) is 2.66. The van der Waals surface area contributed by atoms with Crippen molar-refractivity contribution in [2.45, 2.75) is 31.8 Å². The fraction of sp³-hybridized carbons (Fsp3) is 0.278. The minimum Gasteiger partial charge on any atom is -0.490 e. The molecule has 0 aromatic heterocycles. The maximum Gasteiger partial charge on any atom is 0.258 e. The molecule has 1 amide bonds. The molecule has 3 rings (SSSR count). The average Bonchev–Trinajstić information content (AvgIpc) is 3.02. The van der Waals surface area contributed by atoms with Crippen molar-refractivity contribution in [3.05, 3.63) is 59.9 Å². The summed E-state index contributed by atoms with van der Waals surface area (Å²) in [5.41, 5.74) is 0.654. The first-order valence-corrected chi connectivity index (χ1v) is 7.55. The molecule has 1 aliphatic rings. The third-order valence-electron chi connectivity index (χ3n) is 3.84. The Kier molecular flexibility index (Phi) is 4.37. The van der Waals surface area contributed by atoms with Crippen molar-refractivity contribution >= 4 is 11.6 Å². The summed E-state index contributed by atoms with van der Waals surface area (Å²) in [5.74, 6) is -0.181. The van der Waals surface area contributed by atoms with Gasteiger partial charge in [-0.15, -0.1) is 0 Å². The Balaban J connectivity index is 1.63. The van der Waals surface area contributed by atoms with Crippen molar-refractivity contribution in [2.24, 2.45) is 0 Å². The Morgan fingerprint density at radius 2 is 1.73 bits per heavy atom. The molecule has 0 saturated heterocycles. The van der Waals surface area contributed by atoms with Crippen LogP contribution in [0.25, 0.3) is 0 Å². The number of amides is 1. The van der Waals surface area contributed by atoms with E-state index in [0.29, 0.717) is 11.8 Å². The Morgan fingerprint density at radius 3 is 2.41 bits per heavy atom. The molecule has 1 N–H and O–H groups in total. The first-order valence-electron chi connectivity index (χ1n) is 7.55. The minimum absolute atomic E-state index is 0.0359. The highest BCUT2D eigenvalue weighted by Crippen LogP contribution is 2.25. The van der Waals surface area contributed by atoms with Gasteiger partial charge in [-0.25, -0.2) is 4.39 Å². The van der Waals surface area contributed by atoms with Crippen LogP contribution in [-0.2, 0) is 0 Å². The molecule has 3 nitrogen and oxygen atoms in total. The van der Waals surface area contributed by atoms with Crippen LogP contribution in [0.2, 0.25) is 0 Å². The van der Waals surface area contributed by atoms with E-state index in [-0.39, 0.29) is 5.56 Å². The zero-order valence-electron chi connectivity index (χ0n) is 12.2. The van der Waals surface area contributed by atoms with Gasteiger partial charge in [0.05, 0.1) is 11.7 Å². The summed E-state index contributed by atoms with van der Waals surface area (Å²) >= 11 is 0. The monoisotopic (exact) mass is 299 g/mol. The van der Waals surface area contributed by atoms with Crippen LogP contribution in [0.5, 0.6) is 5.75 Å². The van der Waals surface area contributed by atoms with Gasteiger partial charge in [-0.05, 0) is 62.1 Å². The summed E-state index contributed by atoms with van der Waals surface area (Å²) in [6.45, 7) is 0. The SMILES string of the molecule is O=C(Nc1ccc(OC2CCCC2)cc1)c1ccccc1F. The number of hydrogen-bond donors (Lipinski definition) is 1. The molecule has 0 spiro atoms. The van der Waals surface area contributed by atoms with E-state index in [1.54, 1.807) is 24.3 Å². The number of ether oxygens (including phenoxy) is 1. The number of carbonyl (C=O) groups excluding carboxylic acids is 1. The Morgan fingerprint density at radius 1 is 1.05 bits per heavy atom. The van der Waals surface area contributed by atoms with E-state index in [2.05, 4.69) is 5.32 Å². The van der Waals surface area contributed by atoms with Gasteiger partial charge >= 0.3 is 0 Å². The van der Waals surface area contributed by atoms with Crippen LogP contribution in [0.4, 0.5) is 10.1 Å². The number of benzene rings is 2. The van der Waals surface area contributed by atoms with Gasteiger partial charge < -0.3 is 10.1 Å². The summed E-state index contributed by atoms with van der Waals surface area (Å²) in [4.78, 5) is 12.0. The van der Waals surface area contributed by atoms with Crippen LogP contribution in [-0.4, -0.2) is 12.0 Å². The molecule has 1 aliphatic carbocycles. The van der Waals surface area contributed by atoms with Gasteiger partial charge in [-0.3, -0.25) is 4.79 Å². The smallest absolute Gasteiger partial charge is 0.258 e. The van der Waals surface area contributed by atoms with E-state index in [0.717, 1.165) is 18.6 Å². The molecular formula is C18H18FNO2. The molecule has 0 radical (unpaired) electrons. The molecule has 1 fully saturated rings. The highest BCUT2D eigenvalue weighted by Gasteiger charge is 2.16. The van der Waals surface area contributed by atoms with Crippen molar-refractivity contribution in [2.75, 3.05) is 5.32 Å². The van der Waals surface area contributed by atoms with Crippen molar-refractivity contribution in [1.29, 1.82) is 0 Å². The van der Waals surface area contributed by atoms with Gasteiger partial charge in [-0.1, -0.05) is 12.1 Å². The summed E-state index contributed by atoms with van der Waals surface area (Å²) in [7, 11) is 0. The summed E-state index contributed by atoms with van der Waals surface area (Å²) in [6.07, 6.45) is 4.96. The average molecular weight is 299 g/mol. The lowest BCUT2D eigenvalue weighted by Crippen LogP contribution is -2.14. The van der Waals surface area contributed by atoms with Crippen molar-refractivity contribution in [1.82, 2.24) is 0 Å². The minimum atomic E-state index is -0.527. The lowest BCUT2D eigenvalue weighted by molar-refractivity contribution is 0.102. The van der Waals surface area contributed by atoms with E-state index in [4.69, 9.17) is 4.74 Å². The number of halogens is 1. The lowest BCUT2D eigenvalue weighted by atomic mass is 10.2. The third-order valence-corrected chi connectivity index (χ3v) is 3.84. The van der Waals surface area contributed by atoms with Crippen LogP contribution in [0.1, 0.15) is 36.0 Å². The fourth-order valence-electron chi connectivity index (χ4n) is 2.66. The number of hydrogen-bond acceptors (Lipinski definition) is 2. The van der Waals surface area contributed by atoms with Crippen molar-refractivity contribution < 1.29 is 13.9 Å². The van der Waals surface area contributed by atoms with Gasteiger partial charge in [0.25, 0.3) is 5.91 Å². The standard InChI is InChI=1S/C18H18FNO2/c19-17-8-4-3-7-16(17)18(21)20-13-9-11-15(12-10-13)22-14-5-1-2-6-14/h3-4,7-12,14H,1-2,5-6H2,(H,20,21). The molecule has 2 aromatic carbocycles. The van der Waals surface area contributed by atoms with E-state index in [1.807, 2.05) is 12.1 Å². The molecule has 0 atom stereocenters. The number of carbonyl (C=O) groups is 1. The topological polar surface area (TPSA) is 38.3 Å². The second-order valence-corrected chi connectivity index (χ2v) is 5.48. The van der Waals surface area contributed by atoms with Gasteiger partial charge in [0.1, 0.15) is 11.6 Å². The van der Waals surface area contributed by atoms with E-state index in [1.165, 1.54) is 25.0 Å². The van der Waals surface area contributed by atoms with Crippen molar-refractivity contribution in [3.8, 4) is 5.75 Å². The second-order valence-electron chi connectivity index (χ2n) is 5.48. The van der Waals surface area contributed by atoms with E-state index in [9.17, 15) is 9.18 Å². The maximum atomic E-state index is 13.6. The second kappa shape index (κ2) is 6.60. The van der Waals surface area contributed by atoms with Crippen LogP contribution < -0.4 is 10.1 Å². The highest BCUT2D eigenvalue weighted by atomic mass is 19.1.